The normalized spacial score (nSPS) is 14.9. The smallest absolute Gasteiger partial charge is 0.241 e. The minimum atomic E-state index is 0.249. The highest BCUT2D eigenvalue weighted by Gasteiger charge is 2.21. The van der Waals surface area contributed by atoms with E-state index in [0.717, 1.165) is 43.2 Å². The molecular formula is C24H26N6O4. The van der Waals surface area contributed by atoms with Gasteiger partial charge in [0.15, 0.2) is 6.61 Å². The molecule has 1 aliphatic heterocycles. The Morgan fingerprint density at radius 3 is 2.06 bits per heavy atom. The van der Waals surface area contributed by atoms with E-state index in [4.69, 9.17) is 18.5 Å². The number of aromatic nitrogens is 4. The molecule has 0 unspecified atom stereocenters. The van der Waals surface area contributed by atoms with Crippen LogP contribution < -0.4 is 9.47 Å². The van der Waals surface area contributed by atoms with Gasteiger partial charge in [0.05, 0.1) is 20.2 Å². The van der Waals surface area contributed by atoms with Crippen molar-refractivity contribution in [3.63, 3.8) is 0 Å². The molecule has 1 fully saturated rings. The van der Waals surface area contributed by atoms with E-state index in [9.17, 15) is 0 Å². The second-order valence-electron chi connectivity index (χ2n) is 8.00. The Labute approximate surface area is 197 Å². The van der Waals surface area contributed by atoms with Crippen LogP contribution in [-0.2, 0) is 19.7 Å². The fraction of sp³-hybridized carbons (Fsp3) is 0.333. The number of methoxy groups -OCH3 is 1. The summed E-state index contributed by atoms with van der Waals surface area (Å²) in [5.41, 5.74) is 0.954. The first-order chi connectivity index (χ1) is 16.7. The predicted octanol–water partition coefficient (Wildman–Crippen LogP) is 3.03. The molecule has 2 aromatic carbocycles. The highest BCUT2D eigenvalue weighted by molar-refractivity contribution is 5.53. The van der Waals surface area contributed by atoms with E-state index in [0.29, 0.717) is 36.5 Å². The SMILES string of the molecule is COc1ccc(OCc2noc(CN3CCN(Cc4nc(-c5ccccc5)no4)CC3)n2)cc1. The van der Waals surface area contributed by atoms with Crippen LogP contribution in [0.1, 0.15) is 17.6 Å². The summed E-state index contributed by atoms with van der Waals surface area (Å²) in [5, 5.41) is 8.13. The van der Waals surface area contributed by atoms with Crippen LogP contribution in [0.25, 0.3) is 11.4 Å². The van der Waals surface area contributed by atoms with Crippen molar-refractivity contribution in [2.75, 3.05) is 33.3 Å². The monoisotopic (exact) mass is 462 g/mol. The summed E-state index contributed by atoms with van der Waals surface area (Å²) in [5.74, 6) is 3.87. The first-order valence-electron chi connectivity index (χ1n) is 11.2. The molecule has 1 aliphatic rings. The van der Waals surface area contributed by atoms with Gasteiger partial charge in [0, 0.05) is 31.7 Å². The average molecular weight is 463 g/mol. The number of hydrogen-bond acceptors (Lipinski definition) is 10. The van der Waals surface area contributed by atoms with Gasteiger partial charge in [-0.25, -0.2) is 0 Å². The second-order valence-corrected chi connectivity index (χ2v) is 8.00. The number of ether oxygens (including phenoxy) is 2. The van der Waals surface area contributed by atoms with Gasteiger partial charge in [-0.05, 0) is 24.3 Å². The van der Waals surface area contributed by atoms with Crippen LogP contribution >= 0.6 is 0 Å². The molecule has 0 saturated carbocycles. The molecule has 10 nitrogen and oxygen atoms in total. The second kappa shape index (κ2) is 10.4. The molecule has 0 aliphatic carbocycles. The number of benzene rings is 2. The molecule has 10 heteroatoms. The first-order valence-corrected chi connectivity index (χ1v) is 11.2. The molecule has 0 N–H and O–H groups in total. The molecule has 5 rings (SSSR count). The predicted molar refractivity (Wildman–Crippen MR) is 122 cm³/mol. The van der Waals surface area contributed by atoms with Gasteiger partial charge < -0.3 is 18.5 Å². The van der Waals surface area contributed by atoms with Crippen molar-refractivity contribution in [2.24, 2.45) is 0 Å². The quantitative estimate of drug-likeness (QED) is 0.369. The van der Waals surface area contributed by atoms with Crippen molar-refractivity contribution in [1.29, 1.82) is 0 Å². The van der Waals surface area contributed by atoms with Crippen LogP contribution in [0.15, 0.2) is 63.6 Å². The molecule has 176 valence electrons. The lowest BCUT2D eigenvalue weighted by atomic mass is 10.2. The lowest BCUT2D eigenvalue weighted by Crippen LogP contribution is -2.45. The molecule has 0 amide bonds. The summed E-state index contributed by atoms with van der Waals surface area (Å²) in [6.45, 7) is 5.07. The van der Waals surface area contributed by atoms with E-state index in [2.05, 4.69) is 30.1 Å². The third kappa shape index (κ3) is 5.59. The molecule has 34 heavy (non-hydrogen) atoms. The minimum Gasteiger partial charge on any atom is -0.497 e. The van der Waals surface area contributed by atoms with Crippen molar-refractivity contribution in [2.45, 2.75) is 19.7 Å². The highest BCUT2D eigenvalue weighted by Crippen LogP contribution is 2.19. The van der Waals surface area contributed by atoms with Crippen LogP contribution in [0.5, 0.6) is 11.5 Å². The average Bonchev–Trinajstić information content (AvgIpc) is 3.54. The lowest BCUT2D eigenvalue weighted by Gasteiger charge is -2.32. The summed E-state index contributed by atoms with van der Waals surface area (Å²) in [6.07, 6.45) is 0. The Balaban J connectivity index is 1.06. The summed E-state index contributed by atoms with van der Waals surface area (Å²) >= 11 is 0. The largest absolute Gasteiger partial charge is 0.497 e. The zero-order valence-electron chi connectivity index (χ0n) is 19.0. The Morgan fingerprint density at radius 1 is 0.765 bits per heavy atom. The van der Waals surface area contributed by atoms with E-state index in [-0.39, 0.29) is 6.61 Å². The zero-order chi connectivity index (χ0) is 23.2. The third-order valence-corrected chi connectivity index (χ3v) is 5.62. The Morgan fingerprint density at radius 2 is 1.38 bits per heavy atom. The van der Waals surface area contributed by atoms with Gasteiger partial charge in [-0.3, -0.25) is 9.80 Å². The van der Waals surface area contributed by atoms with Gasteiger partial charge in [0.1, 0.15) is 11.5 Å². The molecule has 2 aromatic heterocycles. The molecular weight excluding hydrogens is 436 g/mol. The van der Waals surface area contributed by atoms with Crippen molar-refractivity contribution in [3.8, 4) is 22.9 Å². The molecule has 0 spiro atoms. The Hall–Kier alpha value is -3.76. The lowest BCUT2D eigenvalue weighted by molar-refractivity contribution is 0.103. The maximum Gasteiger partial charge on any atom is 0.241 e. The molecule has 4 aromatic rings. The maximum absolute atomic E-state index is 5.71. The van der Waals surface area contributed by atoms with E-state index < -0.39 is 0 Å². The van der Waals surface area contributed by atoms with Crippen LogP contribution in [0.4, 0.5) is 0 Å². The minimum absolute atomic E-state index is 0.249. The molecule has 0 atom stereocenters. The van der Waals surface area contributed by atoms with Crippen molar-refractivity contribution >= 4 is 0 Å². The van der Waals surface area contributed by atoms with E-state index in [1.54, 1.807) is 7.11 Å². The Bertz CT molecular complexity index is 1170. The molecule has 3 heterocycles. The van der Waals surface area contributed by atoms with Gasteiger partial charge in [-0.2, -0.15) is 9.97 Å². The fourth-order valence-electron chi connectivity index (χ4n) is 3.74. The van der Waals surface area contributed by atoms with Crippen LogP contribution in [-0.4, -0.2) is 63.4 Å². The summed E-state index contributed by atoms with van der Waals surface area (Å²) < 4.78 is 21.7. The van der Waals surface area contributed by atoms with Crippen molar-refractivity contribution < 1.29 is 18.5 Å². The summed E-state index contributed by atoms with van der Waals surface area (Å²) in [7, 11) is 1.63. The molecule has 1 saturated heterocycles. The Kier molecular flexibility index (Phi) is 6.78. The summed E-state index contributed by atoms with van der Waals surface area (Å²) in [6, 6.07) is 17.2. The van der Waals surface area contributed by atoms with Crippen molar-refractivity contribution in [1.82, 2.24) is 30.1 Å². The van der Waals surface area contributed by atoms with Crippen LogP contribution in [0.2, 0.25) is 0 Å². The van der Waals surface area contributed by atoms with Gasteiger partial charge in [-0.15, -0.1) is 0 Å². The topological polar surface area (TPSA) is 103 Å². The van der Waals surface area contributed by atoms with Gasteiger partial charge in [0.25, 0.3) is 0 Å². The van der Waals surface area contributed by atoms with Crippen LogP contribution in [0.3, 0.4) is 0 Å². The maximum atomic E-state index is 5.71. The molecule has 0 bridgehead atoms. The van der Waals surface area contributed by atoms with Crippen molar-refractivity contribution in [3.05, 3.63) is 72.2 Å². The van der Waals surface area contributed by atoms with Crippen LogP contribution in [0, 0.1) is 0 Å². The van der Waals surface area contributed by atoms with Gasteiger partial charge >= 0.3 is 0 Å². The van der Waals surface area contributed by atoms with Gasteiger partial charge in [-0.1, -0.05) is 40.6 Å². The van der Waals surface area contributed by atoms with E-state index in [1.165, 1.54) is 0 Å². The highest BCUT2D eigenvalue weighted by atomic mass is 16.5. The number of rotatable bonds is 9. The number of hydrogen-bond donors (Lipinski definition) is 0. The van der Waals surface area contributed by atoms with E-state index >= 15 is 0 Å². The first kappa shape index (κ1) is 22.1. The third-order valence-electron chi connectivity index (χ3n) is 5.62. The standard InChI is InChI=1S/C24H26N6O4/c1-31-19-7-9-20(10-8-19)32-17-21-25-22(33-27-21)15-29-11-13-30(14-12-29)16-23-26-24(28-34-23)18-5-3-2-4-6-18/h2-10H,11-17H2,1H3. The number of piperazine rings is 1. The zero-order valence-corrected chi connectivity index (χ0v) is 19.0. The van der Waals surface area contributed by atoms with Gasteiger partial charge in [0.2, 0.25) is 23.4 Å². The van der Waals surface area contributed by atoms with E-state index in [1.807, 2.05) is 54.6 Å². The molecule has 0 radical (unpaired) electrons. The summed E-state index contributed by atoms with van der Waals surface area (Å²) in [4.78, 5) is 13.6. The fourth-order valence-corrected chi connectivity index (χ4v) is 3.74. The number of nitrogens with zero attached hydrogens (tertiary/aromatic N) is 6.